The number of nitrogens with one attached hydrogen (secondary N) is 1. The number of pyridine rings is 1. The first-order chi connectivity index (χ1) is 13.5. The number of rotatable bonds is 2. The minimum Gasteiger partial charge on any atom is -0.465 e. The van der Waals surface area contributed by atoms with Crippen LogP contribution < -0.4 is 10.9 Å². The molecule has 2 aliphatic rings. The van der Waals surface area contributed by atoms with Crippen molar-refractivity contribution < 1.29 is 9.53 Å². The summed E-state index contributed by atoms with van der Waals surface area (Å²) in [6.07, 6.45) is 1.07. The van der Waals surface area contributed by atoms with Crippen LogP contribution in [0.15, 0.2) is 41.2 Å². The number of likely N-dealkylation sites (tertiary alicyclic amines) is 1. The van der Waals surface area contributed by atoms with Crippen molar-refractivity contribution in [3.05, 3.63) is 63.0 Å². The predicted octanol–water partition coefficient (Wildman–Crippen LogP) is 3.10. The second-order valence-electron chi connectivity index (χ2n) is 7.22. The highest BCUT2D eigenvalue weighted by Gasteiger charge is 2.35. The summed E-state index contributed by atoms with van der Waals surface area (Å²) in [5.74, 6) is 0.160. The van der Waals surface area contributed by atoms with Crippen molar-refractivity contribution in [2.45, 2.75) is 18.9 Å². The van der Waals surface area contributed by atoms with Gasteiger partial charge in [0.1, 0.15) is 0 Å². The van der Waals surface area contributed by atoms with E-state index < -0.39 is 5.97 Å². The van der Waals surface area contributed by atoms with Gasteiger partial charge in [-0.05, 0) is 48.8 Å². The molecule has 0 unspecified atom stereocenters. The molecule has 2 aromatic rings. The lowest BCUT2D eigenvalue weighted by atomic mass is 9.83. The monoisotopic (exact) mass is 417 g/mol. The standard InChI is InChI=1S/C20H20ClN3O3S/c1-27-19(26)15-8-14(5-6-16(15)21)22-20(28)23-9-12-7-13(11-23)17-3-2-4-18(25)24(17)10-12/h2-6,8,12-13H,7,9-11H2,1H3,(H,22,28)/t12-,13-/m0/s1. The highest BCUT2D eigenvalue weighted by Crippen LogP contribution is 2.35. The maximum Gasteiger partial charge on any atom is 0.339 e. The van der Waals surface area contributed by atoms with Crippen molar-refractivity contribution in [2.24, 2.45) is 5.92 Å². The highest BCUT2D eigenvalue weighted by molar-refractivity contribution is 7.80. The molecule has 1 aromatic carbocycles. The molecule has 6 nitrogen and oxygen atoms in total. The Balaban J connectivity index is 1.51. The fourth-order valence-corrected chi connectivity index (χ4v) is 4.60. The van der Waals surface area contributed by atoms with E-state index in [0.29, 0.717) is 27.3 Å². The number of benzene rings is 1. The minimum atomic E-state index is -0.492. The topological polar surface area (TPSA) is 63.6 Å². The second-order valence-corrected chi connectivity index (χ2v) is 8.01. The Morgan fingerprint density at radius 2 is 2.07 bits per heavy atom. The van der Waals surface area contributed by atoms with E-state index in [4.69, 9.17) is 28.6 Å². The van der Waals surface area contributed by atoms with Crippen LogP contribution in [0.3, 0.4) is 0 Å². The molecule has 146 valence electrons. The molecule has 0 aliphatic carbocycles. The molecule has 2 bridgehead atoms. The summed E-state index contributed by atoms with van der Waals surface area (Å²) in [6.45, 7) is 2.27. The average Bonchev–Trinajstić information content (AvgIpc) is 2.69. The summed E-state index contributed by atoms with van der Waals surface area (Å²) in [5, 5.41) is 4.13. The largest absolute Gasteiger partial charge is 0.465 e. The van der Waals surface area contributed by atoms with Crippen molar-refractivity contribution >= 4 is 40.6 Å². The summed E-state index contributed by atoms with van der Waals surface area (Å²) in [5.41, 5.74) is 2.12. The van der Waals surface area contributed by atoms with Crippen molar-refractivity contribution in [1.29, 1.82) is 0 Å². The Morgan fingerprint density at radius 3 is 2.86 bits per heavy atom. The summed E-state index contributed by atoms with van der Waals surface area (Å²) in [6, 6.07) is 10.5. The van der Waals surface area contributed by atoms with Gasteiger partial charge < -0.3 is 19.5 Å². The van der Waals surface area contributed by atoms with E-state index in [1.54, 1.807) is 24.3 Å². The number of hydrogen-bond donors (Lipinski definition) is 1. The van der Waals surface area contributed by atoms with Crippen LogP contribution in [0.5, 0.6) is 0 Å². The van der Waals surface area contributed by atoms with Gasteiger partial charge in [-0.3, -0.25) is 4.79 Å². The van der Waals surface area contributed by atoms with Crippen molar-refractivity contribution in [3.63, 3.8) is 0 Å². The van der Waals surface area contributed by atoms with Crippen LogP contribution in [0.4, 0.5) is 5.69 Å². The number of piperidine rings is 1. The van der Waals surface area contributed by atoms with Crippen molar-refractivity contribution in [3.8, 4) is 0 Å². The summed E-state index contributed by atoms with van der Waals surface area (Å²) in [7, 11) is 1.32. The molecule has 0 radical (unpaired) electrons. The Morgan fingerprint density at radius 1 is 1.25 bits per heavy atom. The molecule has 0 spiro atoms. The van der Waals surface area contributed by atoms with Gasteiger partial charge in [0.05, 0.1) is 17.7 Å². The van der Waals surface area contributed by atoms with Crippen molar-refractivity contribution in [1.82, 2.24) is 9.47 Å². The van der Waals surface area contributed by atoms with Crippen LogP contribution in [0.2, 0.25) is 5.02 Å². The number of aromatic nitrogens is 1. The van der Waals surface area contributed by atoms with Crippen LogP contribution in [0, 0.1) is 5.92 Å². The average molecular weight is 418 g/mol. The number of carbonyl (C=O) groups is 1. The smallest absolute Gasteiger partial charge is 0.339 e. The quantitative estimate of drug-likeness (QED) is 0.598. The molecule has 8 heteroatoms. The summed E-state index contributed by atoms with van der Waals surface area (Å²) >= 11 is 11.7. The molecule has 3 heterocycles. The molecule has 1 aromatic heterocycles. The predicted molar refractivity (Wildman–Crippen MR) is 112 cm³/mol. The van der Waals surface area contributed by atoms with Gasteiger partial charge in [-0.1, -0.05) is 17.7 Å². The molecule has 0 amide bonds. The number of thiocarbonyl (C=S) groups is 1. The number of halogens is 1. The zero-order chi connectivity index (χ0) is 19.8. The van der Waals surface area contributed by atoms with Gasteiger partial charge in [-0.25, -0.2) is 4.79 Å². The zero-order valence-electron chi connectivity index (χ0n) is 15.4. The van der Waals surface area contributed by atoms with Crippen LogP contribution in [0.25, 0.3) is 0 Å². The van der Waals surface area contributed by atoms with Gasteiger partial charge in [0.25, 0.3) is 5.56 Å². The Labute approximate surface area is 173 Å². The Hall–Kier alpha value is -2.38. The number of nitrogens with zero attached hydrogens (tertiary/aromatic N) is 2. The maximum atomic E-state index is 12.2. The fourth-order valence-electron chi connectivity index (χ4n) is 4.13. The molecular weight excluding hydrogens is 398 g/mol. The summed E-state index contributed by atoms with van der Waals surface area (Å²) in [4.78, 5) is 26.1. The number of fused-ring (bicyclic) bond motifs is 4. The number of anilines is 1. The molecule has 2 aliphatic heterocycles. The van der Waals surface area contributed by atoms with Gasteiger partial charge in [0.15, 0.2) is 5.11 Å². The van der Waals surface area contributed by atoms with E-state index in [-0.39, 0.29) is 11.5 Å². The van der Waals surface area contributed by atoms with E-state index in [9.17, 15) is 9.59 Å². The van der Waals surface area contributed by atoms with Crippen LogP contribution in [-0.2, 0) is 11.3 Å². The lowest BCUT2D eigenvalue weighted by molar-refractivity contribution is 0.0601. The fraction of sp³-hybridized carbons (Fsp3) is 0.350. The third kappa shape index (κ3) is 3.52. The van der Waals surface area contributed by atoms with E-state index in [0.717, 1.165) is 31.7 Å². The van der Waals surface area contributed by atoms with Gasteiger partial charge in [0.2, 0.25) is 0 Å². The van der Waals surface area contributed by atoms with Gasteiger partial charge >= 0.3 is 5.97 Å². The number of methoxy groups -OCH3 is 1. The number of esters is 1. The van der Waals surface area contributed by atoms with Crippen LogP contribution in [0.1, 0.15) is 28.4 Å². The molecule has 1 N–H and O–H groups in total. The Bertz CT molecular complexity index is 1010. The number of ether oxygens (including phenoxy) is 1. The second kappa shape index (κ2) is 7.56. The Kier molecular flexibility index (Phi) is 5.12. The molecule has 1 fully saturated rings. The molecule has 2 atom stereocenters. The first-order valence-corrected chi connectivity index (χ1v) is 9.88. The van der Waals surface area contributed by atoms with Crippen molar-refractivity contribution in [2.75, 3.05) is 25.5 Å². The van der Waals surface area contributed by atoms with Gasteiger partial charge in [0, 0.05) is 43.0 Å². The summed E-state index contributed by atoms with van der Waals surface area (Å²) < 4.78 is 6.66. The van der Waals surface area contributed by atoms with Gasteiger partial charge in [-0.15, -0.1) is 0 Å². The first-order valence-electron chi connectivity index (χ1n) is 9.10. The lowest BCUT2D eigenvalue weighted by Gasteiger charge is -2.43. The van der Waals surface area contributed by atoms with Crippen LogP contribution in [-0.4, -0.2) is 40.7 Å². The highest BCUT2D eigenvalue weighted by atomic mass is 35.5. The SMILES string of the molecule is COC(=O)c1cc(NC(=S)N2C[C@@H]3C[C@@H](C2)c2cccc(=O)n2C3)ccc1Cl. The third-order valence-corrected chi connectivity index (χ3v) is 6.08. The van der Waals surface area contributed by atoms with Crippen LogP contribution >= 0.6 is 23.8 Å². The normalized spacial score (nSPS) is 20.3. The maximum absolute atomic E-state index is 12.2. The molecule has 0 saturated carbocycles. The van der Waals surface area contributed by atoms with E-state index in [2.05, 4.69) is 10.2 Å². The van der Waals surface area contributed by atoms with E-state index >= 15 is 0 Å². The molecule has 4 rings (SSSR count). The zero-order valence-corrected chi connectivity index (χ0v) is 16.9. The minimum absolute atomic E-state index is 0.0675. The number of carbonyl (C=O) groups excluding carboxylic acids is 1. The third-order valence-electron chi connectivity index (χ3n) is 5.39. The molecular formula is C20H20ClN3O3S. The lowest BCUT2D eigenvalue weighted by Crippen LogP contribution is -2.50. The van der Waals surface area contributed by atoms with E-state index in [1.807, 2.05) is 16.7 Å². The van der Waals surface area contributed by atoms with Gasteiger partial charge in [-0.2, -0.15) is 0 Å². The first kappa shape index (κ1) is 19.0. The molecule has 1 saturated heterocycles. The molecule has 28 heavy (non-hydrogen) atoms. The van der Waals surface area contributed by atoms with E-state index in [1.165, 1.54) is 7.11 Å². The number of hydrogen-bond acceptors (Lipinski definition) is 4.